The number of hydrogen-bond donors (Lipinski definition) is 2. The van der Waals surface area contributed by atoms with Crippen LogP contribution >= 0.6 is 0 Å². The van der Waals surface area contributed by atoms with Crippen LogP contribution in [0.3, 0.4) is 0 Å². The molecule has 228 valence electrons. The molecule has 3 N–H and O–H groups in total. The summed E-state index contributed by atoms with van der Waals surface area (Å²) in [5.74, 6) is 0.644. The molecule has 1 aliphatic heterocycles. The van der Waals surface area contributed by atoms with Crippen molar-refractivity contribution in [2.75, 3.05) is 37.7 Å². The lowest BCUT2D eigenvalue weighted by Gasteiger charge is -2.32. The molecule has 1 atom stereocenters. The Kier molecular flexibility index (Phi) is 8.65. The fourth-order valence-corrected chi connectivity index (χ4v) is 5.85. The summed E-state index contributed by atoms with van der Waals surface area (Å²) in [4.78, 5) is 43.3. The fraction of sp³-hybridized carbons (Fsp3) is 0.394. The largest absolute Gasteiger partial charge is 0.383 e. The van der Waals surface area contributed by atoms with Crippen LogP contribution in [0.15, 0.2) is 61.1 Å². The first-order valence-electron chi connectivity index (χ1n) is 15.4. The van der Waals surface area contributed by atoms with Crippen molar-refractivity contribution < 1.29 is 9.59 Å². The molecule has 2 fully saturated rings. The van der Waals surface area contributed by atoms with E-state index in [-0.39, 0.29) is 17.9 Å². The average Bonchev–Trinajstić information content (AvgIpc) is 3.82. The van der Waals surface area contributed by atoms with E-state index in [0.717, 1.165) is 43.4 Å². The summed E-state index contributed by atoms with van der Waals surface area (Å²) in [5, 5.41) is 8.53. The Morgan fingerprint density at radius 3 is 2.70 bits per heavy atom. The molecule has 0 spiro atoms. The molecule has 1 saturated heterocycles. The molecular weight excluding hydrogens is 554 g/mol. The number of amides is 2. The first kappa shape index (κ1) is 29.4. The molecule has 11 nitrogen and oxygen atoms in total. The standard InChI is InChI=1S/C33H39N9O2/c1-3-6-22-15-16-35-27(19-22)38-33(44)24-11-9-23(10-12-24)30-29-31(34)36-21-37-32(29)42(39-30)26-7-4-18-41(20-26)28(43)8-5-17-40(2)25-13-14-25/h5,8-12,15-16,19,21,25-26H,3-4,6-7,13-14,17-18,20H2,1-2H3,(H2,34,36,37)(H,35,38,44). The van der Waals surface area contributed by atoms with Gasteiger partial charge in [0.25, 0.3) is 5.91 Å². The SMILES string of the molecule is CCCc1ccnc(NC(=O)c2ccc(-c3nn(C4CCCN(C(=O)C=CCN(C)C5CC5)C4)c4ncnc(N)c34)cc2)c1. The Morgan fingerprint density at radius 2 is 1.93 bits per heavy atom. The molecule has 4 heterocycles. The summed E-state index contributed by atoms with van der Waals surface area (Å²) < 4.78 is 1.89. The van der Waals surface area contributed by atoms with Crippen LogP contribution in [0, 0.1) is 0 Å². The van der Waals surface area contributed by atoms with E-state index in [4.69, 9.17) is 10.8 Å². The van der Waals surface area contributed by atoms with Gasteiger partial charge in [-0.15, -0.1) is 0 Å². The van der Waals surface area contributed by atoms with Crippen LogP contribution in [0.5, 0.6) is 0 Å². The van der Waals surface area contributed by atoms with Gasteiger partial charge in [-0.1, -0.05) is 31.6 Å². The van der Waals surface area contributed by atoms with E-state index in [1.165, 1.54) is 19.2 Å². The molecule has 0 radical (unpaired) electrons. The second-order valence-corrected chi connectivity index (χ2v) is 11.7. The monoisotopic (exact) mass is 593 g/mol. The molecule has 3 aromatic heterocycles. The van der Waals surface area contributed by atoms with Crippen molar-refractivity contribution in [3.05, 3.63) is 72.2 Å². The molecule has 1 unspecified atom stereocenters. The van der Waals surface area contributed by atoms with Gasteiger partial charge >= 0.3 is 0 Å². The van der Waals surface area contributed by atoms with Gasteiger partial charge in [0.05, 0.1) is 11.4 Å². The van der Waals surface area contributed by atoms with Crippen molar-refractivity contribution in [1.82, 2.24) is 34.5 Å². The van der Waals surface area contributed by atoms with Crippen LogP contribution in [0.1, 0.15) is 61.0 Å². The second kappa shape index (κ2) is 12.9. The van der Waals surface area contributed by atoms with Crippen molar-refractivity contribution in [2.45, 2.75) is 57.5 Å². The lowest BCUT2D eigenvalue weighted by molar-refractivity contribution is -0.127. The third kappa shape index (κ3) is 6.47. The topological polar surface area (TPSA) is 135 Å². The molecule has 2 amide bonds. The first-order valence-corrected chi connectivity index (χ1v) is 15.4. The number of likely N-dealkylation sites (tertiary alicyclic amines) is 1. The number of hydrogen-bond acceptors (Lipinski definition) is 8. The van der Waals surface area contributed by atoms with Gasteiger partial charge in [0.2, 0.25) is 5.91 Å². The number of carbonyl (C=O) groups is 2. The molecule has 6 rings (SSSR count). The van der Waals surface area contributed by atoms with Gasteiger partial charge in [0.1, 0.15) is 23.7 Å². The predicted octanol–water partition coefficient (Wildman–Crippen LogP) is 4.49. The zero-order valence-electron chi connectivity index (χ0n) is 25.3. The van der Waals surface area contributed by atoms with Gasteiger partial charge in [-0.25, -0.2) is 19.6 Å². The number of anilines is 2. The summed E-state index contributed by atoms with van der Waals surface area (Å²) in [6.45, 7) is 4.14. The lowest BCUT2D eigenvalue weighted by Crippen LogP contribution is -2.40. The van der Waals surface area contributed by atoms with Crippen molar-refractivity contribution in [3.8, 4) is 11.3 Å². The van der Waals surface area contributed by atoms with E-state index in [2.05, 4.69) is 39.1 Å². The van der Waals surface area contributed by atoms with Crippen LogP contribution in [0.25, 0.3) is 22.3 Å². The molecule has 2 aliphatic rings. The molecule has 11 heteroatoms. The van der Waals surface area contributed by atoms with E-state index < -0.39 is 0 Å². The highest BCUT2D eigenvalue weighted by atomic mass is 16.2. The van der Waals surface area contributed by atoms with Crippen molar-refractivity contribution in [3.63, 3.8) is 0 Å². The molecule has 44 heavy (non-hydrogen) atoms. The normalized spacial score (nSPS) is 17.1. The van der Waals surface area contributed by atoms with E-state index in [1.807, 2.05) is 39.9 Å². The number of nitrogens with zero attached hydrogens (tertiary/aromatic N) is 7. The summed E-state index contributed by atoms with van der Waals surface area (Å²) in [6, 6.07) is 11.7. The van der Waals surface area contributed by atoms with E-state index >= 15 is 0 Å². The zero-order chi connectivity index (χ0) is 30.6. The Hall–Kier alpha value is -4.64. The summed E-state index contributed by atoms with van der Waals surface area (Å²) in [5.41, 5.74) is 10.1. The Balaban J connectivity index is 1.20. The molecule has 1 aromatic carbocycles. The van der Waals surface area contributed by atoms with Gasteiger partial charge in [-0.05, 0) is 69.0 Å². The maximum atomic E-state index is 13.0. The number of carbonyl (C=O) groups excluding carboxylic acids is 2. The summed E-state index contributed by atoms with van der Waals surface area (Å²) in [7, 11) is 2.10. The molecular formula is C33H39N9O2. The van der Waals surface area contributed by atoms with Gasteiger partial charge in [0, 0.05) is 49.1 Å². The van der Waals surface area contributed by atoms with Crippen LogP contribution in [-0.4, -0.2) is 79.1 Å². The van der Waals surface area contributed by atoms with Gasteiger partial charge in [0.15, 0.2) is 5.65 Å². The zero-order valence-corrected chi connectivity index (χ0v) is 25.3. The van der Waals surface area contributed by atoms with Crippen LogP contribution in [0.4, 0.5) is 11.6 Å². The number of benzene rings is 1. The number of likely N-dealkylation sites (N-methyl/N-ethyl adjacent to an activating group) is 1. The minimum atomic E-state index is -0.240. The smallest absolute Gasteiger partial charge is 0.256 e. The number of piperidine rings is 1. The third-order valence-electron chi connectivity index (χ3n) is 8.42. The highest BCUT2D eigenvalue weighted by Crippen LogP contribution is 2.34. The van der Waals surface area contributed by atoms with Crippen molar-refractivity contribution in [1.29, 1.82) is 0 Å². The number of nitrogen functional groups attached to an aromatic ring is 1. The number of nitrogens with one attached hydrogen (secondary N) is 1. The first-order chi connectivity index (χ1) is 21.4. The second-order valence-electron chi connectivity index (χ2n) is 11.7. The summed E-state index contributed by atoms with van der Waals surface area (Å²) in [6.07, 6.45) is 13.0. The highest BCUT2D eigenvalue weighted by molar-refractivity contribution is 6.04. The number of nitrogens with two attached hydrogens (primary N) is 1. The summed E-state index contributed by atoms with van der Waals surface area (Å²) >= 11 is 0. The van der Waals surface area contributed by atoms with Crippen LogP contribution in [0.2, 0.25) is 0 Å². The quantitative estimate of drug-likeness (QED) is 0.257. The predicted molar refractivity (Wildman–Crippen MR) is 171 cm³/mol. The number of aromatic nitrogens is 5. The molecule has 4 aromatic rings. The Morgan fingerprint density at radius 1 is 1.11 bits per heavy atom. The van der Waals surface area contributed by atoms with Gasteiger partial charge in [-0.2, -0.15) is 5.10 Å². The Labute approximate surface area is 257 Å². The van der Waals surface area contributed by atoms with Crippen LogP contribution in [-0.2, 0) is 11.2 Å². The number of rotatable bonds is 10. The van der Waals surface area contributed by atoms with E-state index in [9.17, 15) is 9.59 Å². The third-order valence-corrected chi connectivity index (χ3v) is 8.42. The van der Waals surface area contributed by atoms with Gasteiger partial charge < -0.3 is 16.0 Å². The maximum absolute atomic E-state index is 13.0. The Bertz CT molecular complexity index is 1680. The van der Waals surface area contributed by atoms with Gasteiger partial charge in [-0.3, -0.25) is 14.5 Å². The molecule has 1 saturated carbocycles. The average molecular weight is 594 g/mol. The minimum absolute atomic E-state index is 0.0193. The molecule has 1 aliphatic carbocycles. The number of pyridine rings is 1. The maximum Gasteiger partial charge on any atom is 0.256 e. The minimum Gasteiger partial charge on any atom is -0.383 e. The van der Waals surface area contributed by atoms with Crippen LogP contribution < -0.4 is 11.1 Å². The molecule has 0 bridgehead atoms. The highest BCUT2D eigenvalue weighted by Gasteiger charge is 2.29. The van der Waals surface area contributed by atoms with Crippen molar-refractivity contribution in [2.24, 2.45) is 0 Å². The lowest BCUT2D eigenvalue weighted by atomic mass is 10.1. The fourth-order valence-electron chi connectivity index (χ4n) is 5.85. The van der Waals surface area contributed by atoms with E-state index in [1.54, 1.807) is 24.4 Å². The van der Waals surface area contributed by atoms with E-state index in [0.29, 0.717) is 53.1 Å². The number of aryl methyl sites for hydroxylation is 1. The van der Waals surface area contributed by atoms with Crippen molar-refractivity contribution >= 4 is 34.5 Å². The number of fused-ring (bicyclic) bond motifs is 1.